The van der Waals surface area contributed by atoms with Crippen LogP contribution in [0.1, 0.15) is 66.5 Å². The van der Waals surface area contributed by atoms with Crippen LogP contribution >= 0.6 is 0 Å². The minimum atomic E-state index is 1.01. The normalized spacial score (nSPS) is 12.9. The predicted molar refractivity (Wildman–Crippen MR) is 195 cm³/mol. The average Bonchev–Trinajstić information content (AvgIpc) is 3.07. The fourth-order valence-corrected chi connectivity index (χ4v) is 6.15. The molecule has 0 aliphatic heterocycles. The number of likely N-dealkylation sites (N-methyl/N-ethyl adjacent to an activating group) is 4. The number of nitrogens with zero attached hydrogens (tertiary/aromatic N) is 5. The maximum Gasteiger partial charge on any atom is 0.199 e. The average molecular weight is 599 g/mol. The third-order valence-corrected chi connectivity index (χ3v) is 9.25. The van der Waals surface area contributed by atoms with Gasteiger partial charge in [-0.3, -0.25) is 4.90 Å². The molecule has 3 rings (SSSR count). The van der Waals surface area contributed by atoms with Gasteiger partial charge in [0.05, 0.1) is 6.54 Å². The van der Waals surface area contributed by atoms with E-state index in [0.717, 1.165) is 78.5 Å². The van der Waals surface area contributed by atoms with E-state index in [1.165, 1.54) is 39.4 Å². The first kappa shape index (κ1) is 35.3. The molecule has 0 N–H and O–H groups in total. The van der Waals surface area contributed by atoms with E-state index in [4.69, 9.17) is 0 Å². The summed E-state index contributed by atoms with van der Waals surface area (Å²) in [6, 6.07) is 18.4. The summed E-state index contributed by atoms with van der Waals surface area (Å²) in [7, 11) is 0. The molecular formula is C39H60N5+. The fourth-order valence-electron chi connectivity index (χ4n) is 6.15. The van der Waals surface area contributed by atoms with Crippen molar-refractivity contribution in [3.05, 3.63) is 89.5 Å². The van der Waals surface area contributed by atoms with Gasteiger partial charge in [-0.1, -0.05) is 52.0 Å². The Morgan fingerprint density at radius 1 is 0.500 bits per heavy atom. The van der Waals surface area contributed by atoms with Gasteiger partial charge in [0.2, 0.25) is 0 Å². The molecule has 2 aromatic carbocycles. The predicted octanol–water partition coefficient (Wildman–Crippen LogP) is 7.44. The van der Waals surface area contributed by atoms with Crippen LogP contribution in [0, 0.1) is 0 Å². The van der Waals surface area contributed by atoms with Crippen molar-refractivity contribution in [3.8, 4) is 0 Å². The zero-order valence-electron chi connectivity index (χ0n) is 29.1. The van der Waals surface area contributed by atoms with Crippen LogP contribution in [0.4, 0.5) is 11.4 Å². The van der Waals surface area contributed by atoms with Crippen LogP contribution in [-0.4, -0.2) is 98.6 Å². The Morgan fingerprint density at radius 3 is 1.39 bits per heavy atom. The van der Waals surface area contributed by atoms with Crippen molar-refractivity contribution in [2.45, 2.75) is 55.4 Å². The maximum atomic E-state index is 2.50. The van der Waals surface area contributed by atoms with Crippen LogP contribution in [0.2, 0.25) is 0 Å². The molecule has 0 unspecified atom stereocenters. The van der Waals surface area contributed by atoms with Gasteiger partial charge in [0.25, 0.3) is 0 Å². The standard InChI is InChI=1S/C39H60N5/c1-9-40(10-2)29-31-43(15-7)37-25-19-34(20-26-37)39(33-17-23-36(24-18-33)42(13-5)14-6)35-21-27-38(28-22-35)44(16-8)32-30-41(11-3)12-4/h17-28H,9-16,29-32H2,1-8H3/q+1. The van der Waals surface area contributed by atoms with Gasteiger partial charge in [-0.05, 0) is 113 Å². The van der Waals surface area contributed by atoms with E-state index < -0.39 is 0 Å². The summed E-state index contributed by atoms with van der Waals surface area (Å²) >= 11 is 0. The smallest absolute Gasteiger partial charge is 0.199 e. The molecule has 0 amide bonds. The highest BCUT2D eigenvalue weighted by Gasteiger charge is 2.17. The van der Waals surface area contributed by atoms with Crippen LogP contribution in [0.15, 0.2) is 78.4 Å². The molecule has 2 aromatic rings. The van der Waals surface area contributed by atoms with Crippen LogP contribution in [0.3, 0.4) is 0 Å². The molecule has 5 heteroatoms. The molecule has 0 atom stereocenters. The molecule has 1 aliphatic rings. The third-order valence-electron chi connectivity index (χ3n) is 9.25. The van der Waals surface area contributed by atoms with E-state index in [1.54, 1.807) is 0 Å². The highest BCUT2D eigenvalue weighted by atomic mass is 15.2. The lowest BCUT2D eigenvalue weighted by molar-refractivity contribution is -0.523. The van der Waals surface area contributed by atoms with Crippen LogP contribution in [0.5, 0.6) is 0 Å². The van der Waals surface area contributed by atoms with Crippen LogP contribution in [0.25, 0.3) is 5.57 Å². The highest BCUT2D eigenvalue weighted by molar-refractivity contribution is 6.04. The minimum absolute atomic E-state index is 1.01. The van der Waals surface area contributed by atoms with E-state index in [1.807, 2.05) is 0 Å². The lowest BCUT2D eigenvalue weighted by atomic mass is 9.90. The molecule has 0 radical (unpaired) electrons. The highest BCUT2D eigenvalue weighted by Crippen LogP contribution is 2.32. The van der Waals surface area contributed by atoms with E-state index >= 15 is 0 Å². The van der Waals surface area contributed by atoms with E-state index in [2.05, 4.69) is 152 Å². The third kappa shape index (κ3) is 9.42. The van der Waals surface area contributed by atoms with Crippen molar-refractivity contribution in [2.24, 2.45) is 0 Å². The van der Waals surface area contributed by atoms with Crippen molar-refractivity contribution < 1.29 is 4.58 Å². The molecule has 0 saturated carbocycles. The summed E-state index contributed by atoms with van der Waals surface area (Å²) in [5.41, 5.74) is 8.92. The van der Waals surface area contributed by atoms with Gasteiger partial charge in [-0.25, -0.2) is 4.58 Å². The summed E-state index contributed by atoms with van der Waals surface area (Å²) < 4.78 is 2.49. The lowest BCUT2D eigenvalue weighted by Gasteiger charge is -2.27. The number of hydrogen-bond acceptors (Lipinski definition) is 4. The van der Waals surface area contributed by atoms with Crippen LogP contribution in [-0.2, 0) is 0 Å². The summed E-state index contributed by atoms with van der Waals surface area (Å²) in [5, 5.41) is 0. The Kier molecular flexibility index (Phi) is 14.9. The molecule has 0 spiro atoms. The van der Waals surface area contributed by atoms with Gasteiger partial charge in [0.1, 0.15) is 6.54 Å². The number of allylic oxidation sites excluding steroid dienone is 5. The molecule has 240 valence electrons. The number of anilines is 2. The number of hydrogen-bond donors (Lipinski definition) is 0. The summed E-state index contributed by atoms with van der Waals surface area (Å²) in [6.45, 7) is 30.7. The van der Waals surface area contributed by atoms with Gasteiger partial charge in [-0.2, -0.15) is 0 Å². The van der Waals surface area contributed by atoms with E-state index in [-0.39, 0.29) is 0 Å². The summed E-state index contributed by atoms with van der Waals surface area (Å²) in [4.78, 5) is 9.89. The maximum absolute atomic E-state index is 2.50. The topological polar surface area (TPSA) is 16.0 Å². The monoisotopic (exact) mass is 598 g/mol. The second kappa shape index (κ2) is 18.6. The Labute approximate surface area is 269 Å². The molecule has 44 heavy (non-hydrogen) atoms. The fraction of sp³-hybridized carbons (Fsp3) is 0.513. The number of benzene rings is 2. The Balaban J connectivity index is 1.99. The quantitative estimate of drug-likeness (QED) is 0.166. The van der Waals surface area contributed by atoms with Crippen molar-refractivity contribution in [2.75, 3.05) is 88.3 Å². The second-order valence-electron chi connectivity index (χ2n) is 11.4. The molecule has 0 fully saturated rings. The van der Waals surface area contributed by atoms with Crippen molar-refractivity contribution in [1.82, 2.24) is 9.80 Å². The molecule has 0 aromatic heterocycles. The van der Waals surface area contributed by atoms with Gasteiger partial charge < -0.3 is 14.7 Å². The molecule has 1 aliphatic carbocycles. The van der Waals surface area contributed by atoms with E-state index in [0.29, 0.717) is 0 Å². The van der Waals surface area contributed by atoms with Crippen molar-refractivity contribution in [3.63, 3.8) is 0 Å². The van der Waals surface area contributed by atoms with E-state index in [9.17, 15) is 0 Å². The Hall–Kier alpha value is -3.15. The largest absolute Gasteiger partial charge is 0.372 e. The second-order valence-corrected chi connectivity index (χ2v) is 11.4. The van der Waals surface area contributed by atoms with Crippen molar-refractivity contribution >= 4 is 22.7 Å². The summed E-state index contributed by atoms with van der Waals surface area (Å²) in [6.07, 6.45) is 9.26. The SMILES string of the molecule is CCN(CC)CCN(CC)c1ccc(C(=C2C=CC(=[N+](CC)CCN(CC)CC)C=C2)c2ccc(N(CC)CC)cc2)cc1. The Morgan fingerprint density at radius 2 is 0.955 bits per heavy atom. The first-order chi connectivity index (χ1) is 21.5. The molecule has 5 nitrogen and oxygen atoms in total. The van der Waals surface area contributed by atoms with Gasteiger partial charge in [0.15, 0.2) is 12.3 Å². The van der Waals surface area contributed by atoms with Gasteiger partial charge >= 0.3 is 0 Å². The van der Waals surface area contributed by atoms with Crippen molar-refractivity contribution in [1.29, 1.82) is 0 Å². The number of rotatable bonds is 18. The van der Waals surface area contributed by atoms with Gasteiger partial charge in [0, 0.05) is 56.3 Å². The summed E-state index contributed by atoms with van der Waals surface area (Å²) in [5.74, 6) is 0. The van der Waals surface area contributed by atoms with Crippen LogP contribution < -0.4 is 9.80 Å². The lowest BCUT2D eigenvalue weighted by Crippen LogP contribution is -2.35. The first-order valence-corrected chi connectivity index (χ1v) is 17.3. The Bertz CT molecular complexity index is 1220. The van der Waals surface area contributed by atoms with Gasteiger partial charge in [-0.15, -0.1) is 0 Å². The zero-order chi connectivity index (χ0) is 31.9. The zero-order valence-corrected chi connectivity index (χ0v) is 29.1. The first-order valence-electron chi connectivity index (χ1n) is 17.3. The minimum Gasteiger partial charge on any atom is -0.372 e. The molecule has 0 saturated heterocycles. The molecule has 0 heterocycles. The molecular weight excluding hydrogens is 538 g/mol. The molecule has 0 bridgehead atoms.